The molecule has 3 heteroatoms. The molecule has 84 valence electrons. The zero-order valence-electron chi connectivity index (χ0n) is 9.63. The summed E-state index contributed by atoms with van der Waals surface area (Å²) in [6, 6.07) is 0. The summed E-state index contributed by atoms with van der Waals surface area (Å²) < 4.78 is 5.04. The Morgan fingerprint density at radius 1 is 1.40 bits per heavy atom. The first-order chi connectivity index (χ1) is 7.24. The van der Waals surface area contributed by atoms with Crippen molar-refractivity contribution in [1.82, 2.24) is 0 Å². The van der Waals surface area contributed by atoms with E-state index >= 15 is 0 Å². The summed E-state index contributed by atoms with van der Waals surface area (Å²) in [6.45, 7) is 6.54. The number of esters is 1. The van der Waals surface area contributed by atoms with Gasteiger partial charge in [0.1, 0.15) is 0 Å². The van der Waals surface area contributed by atoms with E-state index in [2.05, 4.69) is 13.8 Å². The summed E-state index contributed by atoms with van der Waals surface area (Å²) in [5.74, 6) is -0.170. The largest absolute Gasteiger partial charge is 0.462 e. The Kier molecular flexibility index (Phi) is 4.82. The van der Waals surface area contributed by atoms with Crippen molar-refractivity contribution >= 4 is 17.3 Å². The van der Waals surface area contributed by atoms with Gasteiger partial charge in [0, 0.05) is 10.3 Å². The predicted octanol–water partition coefficient (Wildman–Crippen LogP) is 3.44. The van der Waals surface area contributed by atoms with Crippen molar-refractivity contribution in [2.75, 3.05) is 6.61 Å². The summed E-state index contributed by atoms with van der Waals surface area (Å²) in [4.78, 5) is 13.0. The van der Waals surface area contributed by atoms with Crippen molar-refractivity contribution in [2.24, 2.45) is 0 Å². The smallest absolute Gasteiger partial charge is 0.339 e. The second kappa shape index (κ2) is 5.91. The summed E-state index contributed by atoms with van der Waals surface area (Å²) >= 11 is 1.67. The van der Waals surface area contributed by atoms with Gasteiger partial charge in [0.2, 0.25) is 0 Å². The Balaban J connectivity index is 2.95. The van der Waals surface area contributed by atoms with Crippen LogP contribution in [0.25, 0.3) is 0 Å². The Bertz CT molecular complexity index is 328. The summed E-state index contributed by atoms with van der Waals surface area (Å²) in [5.41, 5.74) is 1.98. The van der Waals surface area contributed by atoms with Crippen LogP contribution in [0.15, 0.2) is 5.38 Å². The first-order valence-corrected chi connectivity index (χ1v) is 6.38. The van der Waals surface area contributed by atoms with Gasteiger partial charge in [-0.15, -0.1) is 11.3 Å². The molecule has 15 heavy (non-hydrogen) atoms. The molecule has 1 heterocycles. The highest BCUT2D eigenvalue weighted by Gasteiger charge is 2.16. The molecule has 0 unspecified atom stereocenters. The maximum atomic E-state index is 11.7. The van der Waals surface area contributed by atoms with Gasteiger partial charge in [0.25, 0.3) is 0 Å². The van der Waals surface area contributed by atoms with Gasteiger partial charge in [-0.25, -0.2) is 4.79 Å². The second-order valence-corrected chi connectivity index (χ2v) is 4.34. The third kappa shape index (κ3) is 2.81. The van der Waals surface area contributed by atoms with E-state index in [1.165, 1.54) is 10.4 Å². The minimum atomic E-state index is -0.170. The van der Waals surface area contributed by atoms with Crippen LogP contribution < -0.4 is 0 Å². The Labute approximate surface area is 95.3 Å². The van der Waals surface area contributed by atoms with Crippen molar-refractivity contribution in [2.45, 2.75) is 40.0 Å². The number of ether oxygens (including phenoxy) is 1. The van der Waals surface area contributed by atoms with E-state index < -0.39 is 0 Å². The van der Waals surface area contributed by atoms with Crippen LogP contribution in [0.5, 0.6) is 0 Å². The molecule has 0 radical (unpaired) electrons. The summed E-state index contributed by atoms with van der Waals surface area (Å²) in [6.07, 6.45) is 3.04. The van der Waals surface area contributed by atoms with Gasteiger partial charge < -0.3 is 4.74 Å². The molecule has 1 aromatic rings. The first kappa shape index (κ1) is 12.2. The Morgan fingerprint density at radius 2 is 2.13 bits per heavy atom. The summed E-state index contributed by atoms with van der Waals surface area (Å²) in [7, 11) is 0. The van der Waals surface area contributed by atoms with Crippen LogP contribution in [-0.2, 0) is 17.6 Å². The number of rotatable bonds is 5. The third-order valence-corrected chi connectivity index (χ3v) is 3.47. The molecule has 0 aliphatic heterocycles. The van der Waals surface area contributed by atoms with Gasteiger partial charge in [-0.3, -0.25) is 0 Å². The van der Waals surface area contributed by atoms with Gasteiger partial charge in [-0.1, -0.05) is 20.3 Å². The standard InChI is InChI=1S/C12H18O2S/c1-4-7-9-10(12(13)14-6-3)8-15-11(9)5-2/h8H,4-7H2,1-3H3. The fraction of sp³-hybridized carbons (Fsp3) is 0.583. The Morgan fingerprint density at radius 3 is 2.67 bits per heavy atom. The molecule has 0 saturated carbocycles. The summed E-state index contributed by atoms with van der Waals surface area (Å²) in [5, 5.41) is 1.93. The SMILES string of the molecule is CCCc1c(C(=O)OCC)csc1CC. The van der Waals surface area contributed by atoms with Crippen molar-refractivity contribution < 1.29 is 9.53 Å². The molecule has 2 nitrogen and oxygen atoms in total. The van der Waals surface area contributed by atoms with Gasteiger partial charge in [-0.05, 0) is 25.3 Å². The molecule has 0 N–H and O–H groups in total. The van der Waals surface area contributed by atoms with Gasteiger partial charge >= 0.3 is 5.97 Å². The molecule has 0 aliphatic rings. The molecule has 0 aliphatic carbocycles. The lowest BCUT2D eigenvalue weighted by molar-refractivity contribution is 0.0525. The minimum Gasteiger partial charge on any atom is -0.462 e. The quantitative estimate of drug-likeness (QED) is 0.719. The highest BCUT2D eigenvalue weighted by Crippen LogP contribution is 2.25. The van der Waals surface area contributed by atoms with E-state index in [1.807, 2.05) is 12.3 Å². The molecule has 0 amide bonds. The van der Waals surface area contributed by atoms with Crippen molar-refractivity contribution in [3.05, 3.63) is 21.4 Å². The van der Waals surface area contributed by atoms with E-state index in [0.717, 1.165) is 24.8 Å². The minimum absolute atomic E-state index is 0.170. The number of carbonyl (C=O) groups is 1. The van der Waals surface area contributed by atoms with Crippen LogP contribution >= 0.6 is 11.3 Å². The van der Waals surface area contributed by atoms with Gasteiger partial charge in [0.15, 0.2) is 0 Å². The maximum Gasteiger partial charge on any atom is 0.339 e. The lowest BCUT2D eigenvalue weighted by Crippen LogP contribution is -2.06. The molecule has 1 rings (SSSR count). The maximum absolute atomic E-state index is 11.7. The zero-order valence-corrected chi connectivity index (χ0v) is 10.4. The fourth-order valence-corrected chi connectivity index (χ4v) is 2.64. The van der Waals surface area contributed by atoms with Crippen LogP contribution in [-0.4, -0.2) is 12.6 Å². The molecule has 0 spiro atoms. The van der Waals surface area contributed by atoms with E-state index in [1.54, 1.807) is 11.3 Å². The second-order valence-electron chi connectivity index (χ2n) is 3.38. The van der Waals surface area contributed by atoms with E-state index in [9.17, 15) is 4.79 Å². The normalized spacial score (nSPS) is 10.3. The van der Waals surface area contributed by atoms with Crippen molar-refractivity contribution in [3.63, 3.8) is 0 Å². The zero-order chi connectivity index (χ0) is 11.3. The lowest BCUT2D eigenvalue weighted by atomic mass is 10.1. The fourth-order valence-electron chi connectivity index (χ4n) is 1.62. The molecular weight excluding hydrogens is 208 g/mol. The first-order valence-electron chi connectivity index (χ1n) is 5.50. The molecule has 0 fully saturated rings. The highest BCUT2D eigenvalue weighted by molar-refractivity contribution is 7.10. The van der Waals surface area contributed by atoms with Gasteiger partial charge in [-0.2, -0.15) is 0 Å². The van der Waals surface area contributed by atoms with E-state index in [-0.39, 0.29) is 5.97 Å². The molecular formula is C12H18O2S. The van der Waals surface area contributed by atoms with E-state index in [4.69, 9.17) is 4.74 Å². The topological polar surface area (TPSA) is 26.3 Å². The van der Waals surface area contributed by atoms with Crippen molar-refractivity contribution in [1.29, 1.82) is 0 Å². The number of thiophene rings is 1. The van der Waals surface area contributed by atoms with E-state index in [0.29, 0.717) is 6.61 Å². The van der Waals surface area contributed by atoms with Crippen LogP contribution in [0, 0.1) is 0 Å². The van der Waals surface area contributed by atoms with Crippen molar-refractivity contribution in [3.8, 4) is 0 Å². The van der Waals surface area contributed by atoms with Crippen LogP contribution in [0.1, 0.15) is 48.0 Å². The monoisotopic (exact) mass is 226 g/mol. The molecule has 0 bridgehead atoms. The van der Waals surface area contributed by atoms with Crippen LogP contribution in [0.3, 0.4) is 0 Å². The number of hydrogen-bond donors (Lipinski definition) is 0. The van der Waals surface area contributed by atoms with Crippen LogP contribution in [0.2, 0.25) is 0 Å². The molecule has 0 saturated heterocycles. The molecule has 0 aromatic carbocycles. The average molecular weight is 226 g/mol. The van der Waals surface area contributed by atoms with Crippen LogP contribution in [0.4, 0.5) is 0 Å². The predicted molar refractivity (Wildman–Crippen MR) is 63.6 cm³/mol. The number of carbonyl (C=O) groups excluding carboxylic acids is 1. The molecule has 1 aromatic heterocycles. The highest BCUT2D eigenvalue weighted by atomic mass is 32.1. The lowest BCUT2D eigenvalue weighted by Gasteiger charge is -2.04. The van der Waals surface area contributed by atoms with Gasteiger partial charge in [0.05, 0.1) is 12.2 Å². The molecule has 0 atom stereocenters. The number of aryl methyl sites for hydroxylation is 1. The number of hydrogen-bond acceptors (Lipinski definition) is 3. The third-order valence-electron chi connectivity index (χ3n) is 2.30. The Hall–Kier alpha value is -0.830. The average Bonchev–Trinajstić information content (AvgIpc) is 2.62.